The van der Waals surface area contributed by atoms with Gasteiger partial charge in [0, 0.05) is 18.7 Å². The number of aromatic nitrogens is 5. The average Bonchev–Trinajstić information content (AvgIpc) is 3.29. The molecular formula is C22H20N6O2S. The largest absolute Gasteiger partial charge is 0.344 e. The lowest BCUT2D eigenvalue weighted by atomic mass is 10.0. The first kappa shape index (κ1) is 20.5. The molecule has 156 valence electrons. The van der Waals surface area contributed by atoms with Gasteiger partial charge in [0.2, 0.25) is 0 Å². The molecule has 0 saturated heterocycles. The van der Waals surface area contributed by atoms with Crippen molar-refractivity contribution >= 4 is 17.4 Å². The first-order valence-corrected chi connectivity index (χ1v) is 10.6. The number of rotatable bonds is 7. The van der Waals surface area contributed by atoms with Gasteiger partial charge in [-0.15, -0.1) is 5.10 Å². The number of benzene rings is 1. The number of aromatic amines is 1. The maximum absolute atomic E-state index is 12.9. The van der Waals surface area contributed by atoms with Gasteiger partial charge in [-0.25, -0.2) is 4.98 Å². The van der Waals surface area contributed by atoms with Gasteiger partial charge in [0.25, 0.3) is 11.5 Å². The molecule has 8 nitrogen and oxygen atoms in total. The van der Waals surface area contributed by atoms with E-state index in [-0.39, 0.29) is 17.5 Å². The first-order valence-electron chi connectivity index (χ1n) is 9.82. The van der Waals surface area contributed by atoms with E-state index in [1.54, 1.807) is 18.3 Å². The van der Waals surface area contributed by atoms with E-state index in [0.29, 0.717) is 40.6 Å². The third-order valence-electron chi connectivity index (χ3n) is 4.72. The van der Waals surface area contributed by atoms with Crippen molar-refractivity contribution in [3.05, 3.63) is 93.0 Å². The fourth-order valence-electron chi connectivity index (χ4n) is 3.22. The molecule has 0 saturated carbocycles. The van der Waals surface area contributed by atoms with Gasteiger partial charge in [-0.05, 0) is 35.6 Å². The molecule has 9 heteroatoms. The normalized spacial score (nSPS) is 11.8. The summed E-state index contributed by atoms with van der Waals surface area (Å²) in [5.41, 5.74) is 2.43. The summed E-state index contributed by atoms with van der Waals surface area (Å²) in [6.07, 6.45) is 2.61. The molecule has 2 N–H and O–H groups in total. The maximum atomic E-state index is 12.9. The van der Waals surface area contributed by atoms with E-state index in [2.05, 4.69) is 29.9 Å². The number of pyridine rings is 1. The third kappa shape index (κ3) is 4.89. The minimum Gasteiger partial charge on any atom is -0.344 e. The van der Waals surface area contributed by atoms with Crippen molar-refractivity contribution in [2.24, 2.45) is 0 Å². The van der Waals surface area contributed by atoms with Crippen LogP contribution < -0.4 is 10.9 Å². The van der Waals surface area contributed by atoms with Gasteiger partial charge in [0.15, 0.2) is 5.82 Å². The Labute approximate surface area is 182 Å². The Morgan fingerprint density at radius 2 is 1.97 bits per heavy atom. The van der Waals surface area contributed by atoms with Crippen LogP contribution in [-0.4, -0.2) is 30.4 Å². The molecule has 3 aromatic heterocycles. The number of carbonyl (C=O) groups is 1. The summed E-state index contributed by atoms with van der Waals surface area (Å²) in [6, 6.07) is 16.1. The maximum Gasteiger partial charge on any atom is 0.265 e. The van der Waals surface area contributed by atoms with Gasteiger partial charge in [0.1, 0.15) is 10.6 Å². The molecule has 0 aliphatic carbocycles. The fourth-order valence-corrected chi connectivity index (χ4v) is 3.87. The predicted molar refractivity (Wildman–Crippen MR) is 118 cm³/mol. The van der Waals surface area contributed by atoms with Crippen molar-refractivity contribution in [3.63, 3.8) is 0 Å². The van der Waals surface area contributed by atoms with Gasteiger partial charge >= 0.3 is 0 Å². The monoisotopic (exact) mass is 432 g/mol. The Morgan fingerprint density at radius 1 is 1.16 bits per heavy atom. The molecule has 0 spiro atoms. The van der Waals surface area contributed by atoms with Crippen molar-refractivity contribution < 1.29 is 4.79 Å². The van der Waals surface area contributed by atoms with Gasteiger partial charge in [0.05, 0.1) is 17.4 Å². The van der Waals surface area contributed by atoms with Crippen LogP contribution in [0.15, 0.2) is 65.6 Å². The van der Waals surface area contributed by atoms with Crippen LogP contribution in [0, 0.1) is 0 Å². The zero-order valence-electron chi connectivity index (χ0n) is 16.8. The second kappa shape index (κ2) is 9.40. The Bertz CT molecular complexity index is 1220. The summed E-state index contributed by atoms with van der Waals surface area (Å²) in [7, 11) is 0. The number of amides is 1. The quantitative estimate of drug-likeness (QED) is 0.464. The lowest BCUT2D eigenvalue weighted by molar-refractivity contribution is 0.0939. The average molecular weight is 433 g/mol. The Kier molecular flexibility index (Phi) is 6.23. The van der Waals surface area contributed by atoms with Crippen molar-refractivity contribution in [1.29, 1.82) is 0 Å². The molecule has 4 aromatic rings. The number of aryl methyl sites for hydroxylation is 1. The van der Waals surface area contributed by atoms with Crippen molar-refractivity contribution in [1.82, 2.24) is 29.9 Å². The summed E-state index contributed by atoms with van der Waals surface area (Å²) < 4.78 is 3.90. The molecule has 1 aromatic carbocycles. The highest BCUT2D eigenvalue weighted by Crippen LogP contribution is 2.20. The van der Waals surface area contributed by atoms with Crippen LogP contribution in [0.1, 0.15) is 39.6 Å². The number of nitrogens with zero attached hydrogens (tertiary/aromatic N) is 4. The van der Waals surface area contributed by atoms with E-state index in [1.165, 1.54) is 6.07 Å². The molecule has 4 rings (SSSR count). The number of hydrogen-bond donors (Lipinski definition) is 2. The second-order valence-electron chi connectivity index (χ2n) is 6.84. The van der Waals surface area contributed by atoms with Gasteiger partial charge in [-0.3, -0.25) is 14.6 Å². The summed E-state index contributed by atoms with van der Waals surface area (Å²) in [6.45, 7) is 1.93. The minimum atomic E-state index is -0.383. The molecule has 31 heavy (non-hydrogen) atoms. The van der Waals surface area contributed by atoms with Crippen LogP contribution >= 0.6 is 11.5 Å². The van der Waals surface area contributed by atoms with Crippen LogP contribution in [0.3, 0.4) is 0 Å². The molecule has 3 heterocycles. The van der Waals surface area contributed by atoms with Crippen molar-refractivity contribution in [2.45, 2.75) is 25.8 Å². The van der Waals surface area contributed by atoms with Crippen molar-refractivity contribution in [3.8, 4) is 11.5 Å². The highest BCUT2D eigenvalue weighted by atomic mass is 32.1. The van der Waals surface area contributed by atoms with Gasteiger partial charge in [-0.1, -0.05) is 47.8 Å². The van der Waals surface area contributed by atoms with Gasteiger partial charge in [-0.2, -0.15) is 0 Å². The molecule has 0 bridgehead atoms. The lowest BCUT2D eigenvalue weighted by Gasteiger charge is -2.19. The zero-order chi connectivity index (χ0) is 21.6. The predicted octanol–water partition coefficient (Wildman–Crippen LogP) is 2.96. The van der Waals surface area contributed by atoms with Crippen molar-refractivity contribution in [2.75, 3.05) is 0 Å². The van der Waals surface area contributed by atoms with E-state index >= 15 is 0 Å². The number of hydrogen-bond acceptors (Lipinski definition) is 7. The second-order valence-corrected chi connectivity index (χ2v) is 7.60. The molecule has 0 aliphatic heterocycles. The zero-order valence-corrected chi connectivity index (χ0v) is 17.6. The van der Waals surface area contributed by atoms with Crippen LogP contribution in [0.25, 0.3) is 11.5 Å². The Morgan fingerprint density at radius 3 is 2.71 bits per heavy atom. The number of carbonyl (C=O) groups excluding carboxylic acids is 1. The number of H-pyrrole nitrogens is 1. The van der Waals surface area contributed by atoms with Gasteiger partial charge < -0.3 is 10.3 Å². The van der Waals surface area contributed by atoms with Crippen LogP contribution in [0.4, 0.5) is 0 Å². The summed E-state index contributed by atoms with van der Waals surface area (Å²) >= 11 is 1.08. The van der Waals surface area contributed by atoms with E-state index < -0.39 is 0 Å². The molecule has 1 amide bonds. The molecule has 1 atom stereocenters. The van der Waals surface area contributed by atoms with E-state index in [9.17, 15) is 9.59 Å². The topological polar surface area (TPSA) is 114 Å². The smallest absolute Gasteiger partial charge is 0.265 e. The minimum absolute atomic E-state index is 0.240. The van der Waals surface area contributed by atoms with Crippen LogP contribution in [-0.2, 0) is 12.8 Å². The molecule has 0 aliphatic rings. The Balaban J connectivity index is 1.65. The lowest BCUT2D eigenvalue weighted by Crippen LogP contribution is -2.30. The molecule has 0 unspecified atom stereocenters. The number of nitrogens with one attached hydrogen (secondary N) is 2. The summed E-state index contributed by atoms with van der Waals surface area (Å²) in [5.74, 6) is 0.150. The van der Waals surface area contributed by atoms with E-state index in [4.69, 9.17) is 0 Å². The SMILES string of the molecule is CCc1nnsc1C(=O)N[C@H](Cc1cc(=O)[nH]c(-c2ccccn2)n1)c1ccccc1. The van der Waals surface area contributed by atoms with Crippen LogP contribution in [0.5, 0.6) is 0 Å². The van der Waals surface area contributed by atoms with Crippen LogP contribution in [0.2, 0.25) is 0 Å². The summed E-state index contributed by atoms with van der Waals surface area (Å²) in [4.78, 5) is 37.3. The Hall–Kier alpha value is -3.72. The summed E-state index contributed by atoms with van der Waals surface area (Å²) in [5, 5.41) is 7.08. The molecule has 0 radical (unpaired) electrons. The molecular weight excluding hydrogens is 412 g/mol. The standard InChI is InChI=1S/C22H20N6O2S/c1-2-16-20(31-28-27-16)22(30)25-18(14-8-4-3-5-9-14)12-15-13-19(29)26-21(24-15)17-10-6-7-11-23-17/h3-11,13,18H,2,12H2,1H3,(H,25,30)(H,24,26,29)/t18-/m1/s1. The highest BCUT2D eigenvalue weighted by Gasteiger charge is 2.21. The highest BCUT2D eigenvalue weighted by molar-refractivity contribution is 7.08. The molecule has 0 fully saturated rings. The van der Waals surface area contributed by atoms with E-state index in [1.807, 2.05) is 43.3 Å². The third-order valence-corrected chi connectivity index (χ3v) is 5.49. The fraction of sp³-hybridized carbons (Fsp3) is 0.182. The van der Waals surface area contributed by atoms with E-state index in [0.717, 1.165) is 17.1 Å². The first-order chi connectivity index (χ1) is 15.1.